The first kappa shape index (κ1) is 5.61. The van der Waals surface area contributed by atoms with E-state index in [1.807, 2.05) is 0 Å². The van der Waals surface area contributed by atoms with Crippen LogP contribution in [0.15, 0.2) is 17.5 Å². The first-order valence-electron chi connectivity index (χ1n) is 2.76. The van der Waals surface area contributed by atoms with Crippen molar-refractivity contribution in [2.24, 2.45) is 0 Å². The highest BCUT2D eigenvalue weighted by molar-refractivity contribution is 7.52. The van der Waals surface area contributed by atoms with Crippen LogP contribution in [0.2, 0.25) is 0 Å². The fourth-order valence-electron chi connectivity index (χ4n) is 0.898. The molecule has 0 aromatic carbocycles. The standard InChI is InChI=1S/C6H3NO2S/c8-5-4-2-1-3-10(4)6(9)7-5/h1-3H/p+1. The number of carbonyl (C=O) groups excluding carboxylic acids is 2. The van der Waals surface area contributed by atoms with E-state index in [1.165, 1.54) is 0 Å². The van der Waals surface area contributed by atoms with Crippen molar-refractivity contribution in [1.82, 2.24) is 5.32 Å². The highest BCUT2D eigenvalue weighted by atomic mass is 32.2. The molecule has 1 aromatic heterocycles. The fourth-order valence-corrected chi connectivity index (χ4v) is 2.28. The van der Waals surface area contributed by atoms with Crippen molar-refractivity contribution in [2.45, 2.75) is 0 Å². The summed E-state index contributed by atoms with van der Waals surface area (Å²) in [4.78, 5) is 22.3. The van der Waals surface area contributed by atoms with E-state index in [2.05, 4.69) is 5.32 Å². The number of amides is 2. The Kier molecular flexibility index (Phi) is 0.935. The molecule has 2 heterocycles. The number of fused-ring (bicyclic) bond motifs is 1. The average Bonchev–Trinajstić information content (AvgIpc) is 2.39. The van der Waals surface area contributed by atoms with Crippen molar-refractivity contribution in [3.05, 3.63) is 22.4 Å². The molecule has 1 aliphatic rings. The topological polar surface area (TPSA) is 46.2 Å². The number of hydrogen-bond donors (Lipinski definition) is 1. The van der Waals surface area contributed by atoms with Gasteiger partial charge in [-0.15, -0.1) is 0 Å². The number of nitrogens with one attached hydrogen (secondary N) is 1. The van der Waals surface area contributed by atoms with Crippen LogP contribution in [0.25, 0.3) is 0 Å². The number of carbonyl (C=O) groups is 2. The van der Waals surface area contributed by atoms with Crippen LogP contribution < -0.4 is 5.32 Å². The Balaban J connectivity index is 2.69. The van der Waals surface area contributed by atoms with E-state index in [0.717, 1.165) is 0 Å². The van der Waals surface area contributed by atoms with E-state index in [9.17, 15) is 9.59 Å². The zero-order chi connectivity index (χ0) is 7.14. The van der Waals surface area contributed by atoms with E-state index >= 15 is 0 Å². The van der Waals surface area contributed by atoms with Gasteiger partial charge in [0.15, 0.2) is 0 Å². The molecule has 4 heteroatoms. The molecule has 1 aromatic rings. The van der Waals surface area contributed by atoms with Gasteiger partial charge < -0.3 is 0 Å². The summed E-state index contributed by atoms with van der Waals surface area (Å²) in [5, 5.41) is 3.80. The molecule has 2 amide bonds. The average molecular weight is 154 g/mol. The van der Waals surface area contributed by atoms with Crippen molar-refractivity contribution in [3.8, 4) is 0 Å². The van der Waals surface area contributed by atoms with Gasteiger partial charge in [0.25, 0.3) is 0 Å². The van der Waals surface area contributed by atoms with Crippen molar-refractivity contribution in [3.63, 3.8) is 0 Å². The number of hydrogen-bond acceptors (Lipinski definition) is 2. The van der Waals surface area contributed by atoms with Gasteiger partial charge in [-0.1, -0.05) is 0 Å². The van der Waals surface area contributed by atoms with Crippen LogP contribution in [0.3, 0.4) is 0 Å². The Morgan fingerprint density at radius 2 is 2.20 bits per heavy atom. The van der Waals surface area contributed by atoms with Gasteiger partial charge in [-0.3, -0.25) is 4.79 Å². The van der Waals surface area contributed by atoms with Crippen molar-refractivity contribution >= 4 is 21.6 Å². The third-order valence-electron chi connectivity index (χ3n) is 1.34. The van der Waals surface area contributed by atoms with Crippen molar-refractivity contribution in [1.29, 1.82) is 0 Å². The lowest BCUT2D eigenvalue weighted by atomic mass is 10.4. The highest BCUT2D eigenvalue weighted by Gasteiger charge is 2.37. The minimum absolute atomic E-state index is 0.176. The molecular formula is C6H4NO2S+. The smallest absolute Gasteiger partial charge is 0.263 e. The predicted octanol–water partition coefficient (Wildman–Crippen LogP) is 1.15. The monoisotopic (exact) mass is 154 g/mol. The Bertz CT molecular complexity index is 287. The summed E-state index contributed by atoms with van der Waals surface area (Å²) in [5.74, 6) is -0.238. The zero-order valence-corrected chi connectivity index (χ0v) is 5.77. The van der Waals surface area contributed by atoms with Crippen LogP contribution in [0.1, 0.15) is 9.67 Å². The van der Waals surface area contributed by atoms with Crippen molar-refractivity contribution < 1.29 is 9.59 Å². The molecule has 1 unspecified atom stereocenters. The molecular weight excluding hydrogens is 150 g/mol. The lowest BCUT2D eigenvalue weighted by molar-refractivity contribution is 0.0977. The van der Waals surface area contributed by atoms with Crippen LogP contribution in [0, 0.1) is 0 Å². The van der Waals surface area contributed by atoms with Gasteiger partial charge in [-0.25, -0.2) is 10.1 Å². The number of imide groups is 1. The molecule has 0 spiro atoms. The predicted molar refractivity (Wildman–Crippen MR) is 37.2 cm³/mol. The summed E-state index contributed by atoms with van der Waals surface area (Å²) in [6.07, 6.45) is 0. The quantitative estimate of drug-likeness (QED) is 0.570. The Morgan fingerprint density at radius 1 is 1.40 bits per heavy atom. The van der Waals surface area contributed by atoms with E-state index < -0.39 is 10.5 Å². The van der Waals surface area contributed by atoms with E-state index in [1.54, 1.807) is 17.5 Å². The summed E-state index contributed by atoms with van der Waals surface area (Å²) in [5.41, 5.74) is 0. The highest BCUT2D eigenvalue weighted by Crippen LogP contribution is 2.29. The molecule has 50 valence electrons. The SMILES string of the molecule is O=C1NC(=O)[s+]2cccc21. The zero-order valence-electron chi connectivity index (χ0n) is 4.96. The molecule has 3 nitrogen and oxygen atoms in total. The maximum absolute atomic E-state index is 10.9. The Hall–Kier alpha value is -1.16. The molecule has 1 aliphatic heterocycles. The molecule has 1 N–H and O–H groups in total. The van der Waals surface area contributed by atoms with Crippen LogP contribution >= 0.6 is 10.5 Å². The van der Waals surface area contributed by atoms with Gasteiger partial charge in [0.05, 0.1) is 10.5 Å². The molecule has 2 rings (SSSR count). The van der Waals surface area contributed by atoms with Gasteiger partial charge in [-0.2, -0.15) is 0 Å². The van der Waals surface area contributed by atoms with Crippen LogP contribution in [-0.2, 0) is 0 Å². The normalized spacial score (nSPS) is 17.0. The van der Waals surface area contributed by atoms with E-state index in [4.69, 9.17) is 0 Å². The summed E-state index contributed by atoms with van der Waals surface area (Å²) in [6.45, 7) is 0. The molecule has 0 aliphatic carbocycles. The maximum atomic E-state index is 10.9. The van der Waals surface area contributed by atoms with Gasteiger partial charge in [0.2, 0.25) is 4.88 Å². The van der Waals surface area contributed by atoms with Gasteiger partial charge in [0.1, 0.15) is 5.38 Å². The molecule has 0 fully saturated rings. The molecule has 0 bridgehead atoms. The minimum atomic E-state index is -0.562. The summed E-state index contributed by atoms with van der Waals surface area (Å²) >= 11 is 0. The van der Waals surface area contributed by atoms with Crippen LogP contribution in [0.4, 0.5) is 4.79 Å². The molecule has 1 atom stereocenters. The Morgan fingerprint density at radius 3 is 2.90 bits per heavy atom. The van der Waals surface area contributed by atoms with Gasteiger partial charge in [0, 0.05) is 6.07 Å². The van der Waals surface area contributed by atoms with Crippen LogP contribution in [0.5, 0.6) is 0 Å². The number of rotatable bonds is 0. The second-order valence-corrected chi connectivity index (χ2v) is 3.70. The molecule has 0 saturated heterocycles. The lowest BCUT2D eigenvalue weighted by Gasteiger charge is -1.75. The summed E-state index contributed by atoms with van der Waals surface area (Å²) in [7, 11) is -0.562. The second-order valence-electron chi connectivity index (χ2n) is 1.94. The van der Waals surface area contributed by atoms with Crippen LogP contribution in [-0.4, -0.2) is 11.1 Å². The fraction of sp³-hybridized carbons (Fsp3) is 0. The van der Waals surface area contributed by atoms with Gasteiger partial charge in [-0.05, 0) is 6.07 Å². The summed E-state index contributed by atoms with van der Waals surface area (Å²) < 4.78 is 0. The maximum Gasteiger partial charge on any atom is 0.463 e. The number of thiophene rings is 1. The lowest BCUT2D eigenvalue weighted by Crippen LogP contribution is -2.18. The third-order valence-corrected chi connectivity index (χ3v) is 3.06. The second kappa shape index (κ2) is 1.67. The van der Waals surface area contributed by atoms with E-state index in [-0.39, 0.29) is 11.1 Å². The molecule has 0 radical (unpaired) electrons. The largest absolute Gasteiger partial charge is 0.463 e. The summed E-state index contributed by atoms with van der Waals surface area (Å²) in [6, 6.07) is 3.43. The Labute approximate surface area is 59.6 Å². The third kappa shape index (κ3) is 0.537. The van der Waals surface area contributed by atoms with Crippen molar-refractivity contribution in [2.75, 3.05) is 0 Å². The first-order valence-corrected chi connectivity index (χ1v) is 4.05. The molecule has 10 heavy (non-hydrogen) atoms. The first-order chi connectivity index (χ1) is 4.79. The molecule has 0 saturated carbocycles. The van der Waals surface area contributed by atoms with E-state index in [0.29, 0.717) is 4.88 Å². The minimum Gasteiger partial charge on any atom is -0.263 e. The van der Waals surface area contributed by atoms with Gasteiger partial charge >= 0.3 is 11.1 Å².